The Kier molecular flexibility index (Phi) is 3.69. The highest BCUT2D eigenvalue weighted by molar-refractivity contribution is 6.31. The third-order valence-corrected chi connectivity index (χ3v) is 3.32. The van der Waals surface area contributed by atoms with Crippen molar-refractivity contribution in [2.24, 2.45) is 0 Å². The van der Waals surface area contributed by atoms with Gasteiger partial charge in [0.1, 0.15) is 0 Å². The van der Waals surface area contributed by atoms with Crippen LogP contribution < -0.4 is 5.73 Å². The van der Waals surface area contributed by atoms with Crippen LogP contribution in [0.3, 0.4) is 0 Å². The van der Waals surface area contributed by atoms with Crippen LogP contribution in [0.4, 0.5) is 5.69 Å². The summed E-state index contributed by atoms with van der Waals surface area (Å²) >= 11 is 6.15. The lowest BCUT2D eigenvalue weighted by atomic mass is 10.1. The van der Waals surface area contributed by atoms with Crippen molar-refractivity contribution in [3.05, 3.63) is 28.8 Å². The minimum absolute atomic E-state index is 0.436. The Bertz CT molecular complexity index is 370. The topological polar surface area (TPSA) is 38.5 Å². The van der Waals surface area contributed by atoms with Crippen molar-refractivity contribution >= 4 is 17.3 Å². The average Bonchev–Trinajstić information content (AvgIpc) is 2.27. The lowest BCUT2D eigenvalue weighted by Gasteiger charge is -2.33. The second-order valence-electron chi connectivity index (χ2n) is 4.25. The van der Waals surface area contributed by atoms with E-state index in [1.54, 1.807) is 0 Å². The molecule has 0 spiro atoms. The van der Waals surface area contributed by atoms with Gasteiger partial charge in [-0.1, -0.05) is 11.6 Å². The van der Waals surface area contributed by atoms with E-state index in [1.807, 2.05) is 18.2 Å². The van der Waals surface area contributed by atoms with E-state index in [-0.39, 0.29) is 0 Å². The van der Waals surface area contributed by atoms with Gasteiger partial charge in [0.2, 0.25) is 0 Å². The molecule has 1 heterocycles. The number of morpholine rings is 1. The number of hydrogen-bond acceptors (Lipinski definition) is 3. The van der Waals surface area contributed by atoms with Gasteiger partial charge in [-0.3, -0.25) is 4.90 Å². The first-order valence-electron chi connectivity index (χ1n) is 5.52. The minimum Gasteiger partial charge on any atom is -0.399 e. The smallest absolute Gasteiger partial charge is 0.0619 e. The molecular weight excluding hydrogens is 224 g/mol. The molecule has 2 rings (SSSR count). The first-order chi connectivity index (χ1) is 7.66. The van der Waals surface area contributed by atoms with Crippen LogP contribution in [-0.4, -0.2) is 30.7 Å². The number of nitrogen functional groups attached to an aromatic ring is 1. The number of halogens is 1. The molecule has 1 unspecified atom stereocenters. The Hall–Kier alpha value is -0.770. The Morgan fingerprint density at radius 2 is 2.38 bits per heavy atom. The summed E-state index contributed by atoms with van der Waals surface area (Å²) in [5.74, 6) is 0. The van der Waals surface area contributed by atoms with E-state index in [4.69, 9.17) is 22.1 Å². The summed E-state index contributed by atoms with van der Waals surface area (Å²) in [7, 11) is 0. The maximum Gasteiger partial charge on any atom is 0.0619 e. The number of hydrogen-bond donors (Lipinski definition) is 1. The molecule has 1 saturated heterocycles. The second-order valence-corrected chi connectivity index (χ2v) is 4.65. The quantitative estimate of drug-likeness (QED) is 0.805. The molecule has 88 valence electrons. The first kappa shape index (κ1) is 11.7. The molecule has 1 fully saturated rings. The maximum absolute atomic E-state index is 6.15. The van der Waals surface area contributed by atoms with Crippen molar-refractivity contribution < 1.29 is 4.74 Å². The van der Waals surface area contributed by atoms with Crippen molar-refractivity contribution in [3.8, 4) is 0 Å². The van der Waals surface area contributed by atoms with Crippen LogP contribution in [0.2, 0.25) is 5.02 Å². The zero-order chi connectivity index (χ0) is 11.5. The van der Waals surface area contributed by atoms with Crippen molar-refractivity contribution in [2.45, 2.75) is 19.5 Å². The third-order valence-electron chi connectivity index (χ3n) is 2.95. The molecule has 4 heteroatoms. The first-order valence-corrected chi connectivity index (χ1v) is 5.90. The molecule has 1 aliphatic rings. The monoisotopic (exact) mass is 240 g/mol. The van der Waals surface area contributed by atoms with Crippen molar-refractivity contribution in [3.63, 3.8) is 0 Å². The Balaban J connectivity index is 2.10. The fourth-order valence-electron chi connectivity index (χ4n) is 1.93. The summed E-state index contributed by atoms with van der Waals surface area (Å²) in [4.78, 5) is 2.37. The molecule has 3 nitrogen and oxygen atoms in total. The van der Waals surface area contributed by atoms with Gasteiger partial charge in [0.05, 0.1) is 13.2 Å². The number of rotatable bonds is 2. The van der Waals surface area contributed by atoms with Crippen LogP contribution in [0.25, 0.3) is 0 Å². The number of ether oxygens (including phenoxy) is 1. The van der Waals surface area contributed by atoms with E-state index < -0.39 is 0 Å². The fraction of sp³-hybridized carbons (Fsp3) is 0.500. The van der Waals surface area contributed by atoms with Gasteiger partial charge in [0, 0.05) is 29.8 Å². The van der Waals surface area contributed by atoms with Crippen LogP contribution in [0.15, 0.2) is 18.2 Å². The number of benzene rings is 1. The van der Waals surface area contributed by atoms with E-state index in [0.717, 1.165) is 42.6 Å². The summed E-state index contributed by atoms with van der Waals surface area (Å²) < 4.78 is 5.40. The summed E-state index contributed by atoms with van der Waals surface area (Å²) in [6, 6.07) is 6.07. The highest BCUT2D eigenvalue weighted by Crippen LogP contribution is 2.22. The summed E-state index contributed by atoms with van der Waals surface area (Å²) in [5.41, 5.74) is 7.62. The van der Waals surface area contributed by atoms with E-state index in [9.17, 15) is 0 Å². The molecule has 2 N–H and O–H groups in total. The van der Waals surface area contributed by atoms with Gasteiger partial charge >= 0.3 is 0 Å². The van der Waals surface area contributed by atoms with Crippen molar-refractivity contribution in [1.82, 2.24) is 4.90 Å². The SMILES string of the molecule is CC1COCCN1Cc1cc(N)ccc1Cl. The number of nitrogens with zero attached hydrogens (tertiary/aromatic N) is 1. The predicted molar refractivity (Wildman–Crippen MR) is 66.6 cm³/mol. The summed E-state index contributed by atoms with van der Waals surface area (Å²) in [5, 5.41) is 0.785. The highest BCUT2D eigenvalue weighted by Gasteiger charge is 2.19. The lowest BCUT2D eigenvalue weighted by Crippen LogP contribution is -2.42. The average molecular weight is 241 g/mol. The largest absolute Gasteiger partial charge is 0.399 e. The van der Waals surface area contributed by atoms with E-state index in [1.165, 1.54) is 0 Å². The Labute approximate surface area is 101 Å². The number of anilines is 1. The molecule has 0 saturated carbocycles. The summed E-state index contributed by atoms with van der Waals surface area (Å²) in [6.45, 7) is 5.55. The van der Waals surface area contributed by atoms with E-state index >= 15 is 0 Å². The third kappa shape index (κ3) is 2.67. The van der Waals surface area contributed by atoms with Crippen molar-refractivity contribution in [2.75, 3.05) is 25.5 Å². The highest BCUT2D eigenvalue weighted by atomic mass is 35.5. The zero-order valence-electron chi connectivity index (χ0n) is 9.45. The normalized spacial score (nSPS) is 22.2. The Morgan fingerprint density at radius 1 is 1.56 bits per heavy atom. The van der Waals surface area contributed by atoms with Gasteiger partial charge in [-0.2, -0.15) is 0 Å². The molecule has 0 amide bonds. The Morgan fingerprint density at radius 3 is 3.12 bits per heavy atom. The maximum atomic E-state index is 6.15. The van der Waals surface area contributed by atoms with Gasteiger partial charge in [-0.05, 0) is 30.7 Å². The predicted octanol–water partition coefficient (Wildman–Crippen LogP) is 2.14. The van der Waals surface area contributed by atoms with E-state index in [2.05, 4.69) is 11.8 Å². The second kappa shape index (κ2) is 5.04. The molecule has 0 aromatic heterocycles. The molecule has 0 bridgehead atoms. The number of nitrogens with two attached hydrogens (primary N) is 1. The van der Waals surface area contributed by atoms with Gasteiger partial charge in [-0.25, -0.2) is 0 Å². The minimum atomic E-state index is 0.436. The van der Waals surface area contributed by atoms with Crippen LogP contribution in [0.1, 0.15) is 12.5 Å². The fourth-order valence-corrected chi connectivity index (χ4v) is 2.11. The molecule has 1 aromatic rings. The van der Waals surface area contributed by atoms with Gasteiger partial charge in [0.25, 0.3) is 0 Å². The standard InChI is InChI=1S/C12H17ClN2O/c1-9-8-16-5-4-15(9)7-10-6-11(14)2-3-12(10)13/h2-3,6,9H,4-5,7-8,14H2,1H3. The molecule has 1 aromatic carbocycles. The van der Waals surface area contributed by atoms with Crippen LogP contribution in [0.5, 0.6) is 0 Å². The molecule has 0 radical (unpaired) electrons. The zero-order valence-corrected chi connectivity index (χ0v) is 10.2. The lowest BCUT2D eigenvalue weighted by molar-refractivity contribution is -0.00434. The van der Waals surface area contributed by atoms with Crippen molar-refractivity contribution in [1.29, 1.82) is 0 Å². The van der Waals surface area contributed by atoms with Gasteiger partial charge in [-0.15, -0.1) is 0 Å². The van der Waals surface area contributed by atoms with Crippen LogP contribution >= 0.6 is 11.6 Å². The molecule has 1 aliphatic heterocycles. The molecule has 1 atom stereocenters. The van der Waals surface area contributed by atoms with Crippen LogP contribution in [-0.2, 0) is 11.3 Å². The summed E-state index contributed by atoms with van der Waals surface area (Å²) in [6.07, 6.45) is 0. The van der Waals surface area contributed by atoms with E-state index in [0.29, 0.717) is 6.04 Å². The van der Waals surface area contributed by atoms with Crippen LogP contribution in [0, 0.1) is 0 Å². The van der Waals surface area contributed by atoms with Gasteiger partial charge in [0.15, 0.2) is 0 Å². The molecule has 16 heavy (non-hydrogen) atoms. The van der Waals surface area contributed by atoms with Gasteiger partial charge < -0.3 is 10.5 Å². The molecular formula is C12H17ClN2O. The molecule has 0 aliphatic carbocycles.